The van der Waals surface area contributed by atoms with E-state index in [1.807, 2.05) is 0 Å². The van der Waals surface area contributed by atoms with Gasteiger partial charge >= 0.3 is 0 Å². The zero-order chi connectivity index (χ0) is 13.7. The first kappa shape index (κ1) is 12.1. The molecule has 0 amide bonds. The summed E-state index contributed by atoms with van der Waals surface area (Å²) in [5, 5.41) is 3.43. The number of aromatic amines is 1. The summed E-state index contributed by atoms with van der Waals surface area (Å²) in [5.74, 6) is 0.943. The van der Waals surface area contributed by atoms with Gasteiger partial charge in [-0.2, -0.15) is 0 Å². The lowest BCUT2D eigenvalue weighted by Gasteiger charge is -1.94. The highest BCUT2D eigenvalue weighted by Crippen LogP contribution is 2.34. The van der Waals surface area contributed by atoms with Crippen LogP contribution in [0.25, 0.3) is 32.5 Å². The number of aryl methyl sites for hydroxylation is 1. The lowest BCUT2D eigenvalue weighted by Crippen LogP contribution is -1.78. The second-order valence-corrected chi connectivity index (χ2v) is 6.68. The Labute approximate surface area is 128 Å². The van der Waals surface area contributed by atoms with Crippen molar-refractivity contribution in [3.05, 3.63) is 51.8 Å². The lowest BCUT2D eigenvalue weighted by atomic mass is 10.2. The fraction of sp³-hybridized carbons (Fsp3) is 0.0625. The average Bonchev–Trinajstić information content (AvgIpc) is 3.01. The topological polar surface area (TPSA) is 28.7 Å². The van der Waals surface area contributed by atoms with Gasteiger partial charge in [0, 0.05) is 25.5 Å². The van der Waals surface area contributed by atoms with E-state index >= 15 is 0 Å². The quantitative estimate of drug-likeness (QED) is 0.485. The van der Waals surface area contributed by atoms with Gasteiger partial charge in [0.2, 0.25) is 0 Å². The van der Waals surface area contributed by atoms with E-state index in [4.69, 9.17) is 4.98 Å². The van der Waals surface area contributed by atoms with Gasteiger partial charge < -0.3 is 4.98 Å². The molecular formula is C16H11BrN2S. The van der Waals surface area contributed by atoms with E-state index in [-0.39, 0.29) is 0 Å². The molecule has 0 spiro atoms. The van der Waals surface area contributed by atoms with Gasteiger partial charge in [-0.05, 0) is 30.7 Å². The molecule has 0 atom stereocenters. The molecule has 0 aliphatic carbocycles. The van der Waals surface area contributed by atoms with Crippen LogP contribution >= 0.6 is 27.3 Å². The molecule has 2 aromatic carbocycles. The molecule has 0 unspecified atom stereocenters. The van der Waals surface area contributed by atoms with E-state index in [0.717, 1.165) is 21.3 Å². The number of aromatic nitrogens is 2. The Kier molecular flexibility index (Phi) is 2.69. The second kappa shape index (κ2) is 4.43. The maximum atomic E-state index is 4.78. The van der Waals surface area contributed by atoms with Gasteiger partial charge in [0.15, 0.2) is 0 Å². The predicted octanol–water partition coefficient (Wildman–Crippen LogP) is 5.52. The van der Waals surface area contributed by atoms with Crippen molar-refractivity contribution in [1.29, 1.82) is 0 Å². The van der Waals surface area contributed by atoms with Crippen molar-refractivity contribution in [2.45, 2.75) is 6.92 Å². The maximum absolute atomic E-state index is 4.78. The van der Waals surface area contributed by atoms with Crippen LogP contribution in [0, 0.1) is 6.92 Å². The number of imidazole rings is 1. The first-order valence-corrected chi connectivity index (χ1v) is 8.02. The molecule has 0 saturated carbocycles. The summed E-state index contributed by atoms with van der Waals surface area (Å²) < 4.78 is 2.37. The molecule has 4 rings (SSSR count). The van der Waals surface area contributed by atoms with Crippen LogP contribution in [0.5, 0.6) is 0 Å². The second-order valence-electron chi connectivity index (χ2n) is 4.85. The van der Waals surface area contributed by atoms with Crippen LogP contribution in [0.4, 0.5) is 0 Å². The summed E-state index contributed by atoms with van der Waals surface area (Å²) in [6.45, 7) is 2.09. The van der Waals surface area contributed by atoms with Crippen molar-refractivity contribution >= 4 is 48.4 Å². The van der Waals surface area contributed by atoms with Crippen LogP contribution in [-0.4, -0.2) is 9.97 Å². The number of H-pyrrole nitrogens is 1. The molecule has 0 radical (unpaired) electrons. The van der Waals surface area contributed by atoms with E-state index in [2.05, 4.69) is 69.6 Å². The predicted molar refractivity (Wildman–Crippen MR) is 89.3 cm³/mol. The third-order valence-corrected chi connectivity index (χ3v) is 4.90. The van der Waals surface area contributed by atoms with Crippen molar-refractivity contribution in [2.24, 2.45) is 0 Å². The molecule has 0 saturated heterocycles. The van der Waals surface area contributed by atoms with Gasteiger partial charge in [0.1, 0.15) is 5.82 Å². The Bertz CT molecular complexity index is 936. The van der Waals surface area contributed by atoms with Crippen molar-refractivity contribution in [1.82, 2.24) is 9.97 Å². The minimum absolute atomic E-state index is 0.943. The molecule has 0 aliphatic rings. The summed E-state index contributed by atoms with van der Waals surface area (Å²) in [7, 11) is 0. The summed E-state index contributed by atoms with van der Waals surface area (Å²) in [6, 6.07) is 12.6. The summed E-state index contributed by atoms with van der Waals surface area (Å²) in [6.07, 6.45) is 0. The van der Waals surface area contributed by atoms with E-state index in [1.54, 1.807) is 11.3 Å². The fourth-order valence-electron chi connectivity index (χ4n) is 2.54. The number of hydrogen-bond acceptors (Lipinski definition) is 2. The molecule has 20 heavy (non-hydrogen) atoms. The third-order valence-electron chi connectivity index (χ3n) is 3.48. The van der Waals surface area contributed by atoms with Crippen LogP contribution in [0.15, 0.2) is 46.3 Å². The van der Waals surface area contributed by atoms with Gasteiger partial charge in [-0.25, -0.2) is 4.98 Å². The number of thiophene rings is 1. The normalized spacial score (nSPS) is 11.5. The van der Waals surface area contributed by atoms with Crippen LogP contribution in [0.1, 0.15) is 5.56 Å². The Morgan fingerprint density at radius 3 is 2.95 bits per heavy atom. The lowest BCUT2D eigenvalue weighted by molar-refractivity contribution is 1.34. The SMILES string of the molecule is Cc1cc(Br)cc2[nH]c(-c3csc4ccccc34)nc12. The highest BCUT2D eigenvalue weighted by molar-refractivity contribution is 9.10. The summed E-state index contributed by atoms with van der Waals surface area (Å²) in [4.78, 5) is 8.21. The van der Waals surface area contributed by atoms with E-state index in [0.29, 0.717) is 0 Å². The molecule has 4 aromatic rings. The van der Waals surface area contributed by atoms with E-state index in [9.17, 15) is 0 Å². The highest BCUT2D eigenvalue weighted by atomic mass is 79.9. The number of nitrogens with one attached hydrogen (secondary N) is 1. The van der Waals surface area contributed by atoms with Gasteiger partial charge in [-0.15, -0.1) is 11.3 Å². The van der Waals surface area contributed by atoms with Gasteiger partial charge in [0.25, 0.3) is 0 Å². The van der Waals surface area contributed by atoms with Crippen molar-refractivity contribution in [3.8, 4) is 11.4 Å². The molecule has 1 N–H and O–H groups in total. The van der Waals surface area contributed by atoms with Gasteiger partial charge in [0.05, 0.1) is 11.0 Å². The third kappa shape index (κ3) is 1.79. The van der Waals surface area contributed by atoms with E-state index < -0.39 is 0 Å². The van der Waals surface area contributed by atoms with E-state index in [1.165, 1.54) is 21.2 Å². The molecule has 2 heterocycles. The van der Waals surface area contributed by atoms with Crippen LogP contribution in [0.2, 0.25) is 0 Å². The zero-order valence-electron chi connectivity index (χ0n) is 10.8. The molecular weight excluding hydrogens is 332 g/mol. The standard InChI is InChI=1S/C16H11BrN2S/c1-9-6-10(17)7-13-15(9)19-16(18-13)12-8-20-14-5-3-2-4-11(12)14/h2-8H,1H3,(H,18,19). The molecule has 4 heteroatoms. The Morgan fingerprint density at radius 1 is 1.20 bits per heavy atom. The van der Waals surface area contributed by atoms with Crippen molar-refractivity contribution in [2.75, 3.05) is 0 Å². The summed E-state index contributed by atoms with van der Waals surface area (Å²) >= 11 is 5.29. The van der Waals surface area contributed by atoms with Crippen LogP contribution in [-0.2, 0) is 0 Å². The number of rotatable bonds is 1. The zero-order valence-corrected chi connectivity index (χ0v) is 13.2. The molecule has 2 nitrogen and oxygen atoms in total. The maximum Gasteiger partial charge on any atom is 0.139 e. The highest BCUT2D eigenvalue weighted by Gasteiger charge is 2.12. The molecule has 2 aromatic heterocycles. The average molecular weight is 343 g/mol. The van der Waals surface area contributed by atoms with Crippen LogP contribution in [0.3, 0.4) is 0 Å². The number of nitrogens with zero attached hydrogens (tertiary/aromatic N) is 1. The van der Waals surface area contributed by atoms with Crippen molar-refractivity contribution in [3.63, 3.8) is 0 Å². The number of hydrogen-bond donors (Lipinski definition) is 1. The minimum Gasteiger partial charge on any atom is -0.338 e. The first-order valence-electron chi connectivity index (χ1n) is 6.35. The van der Waals surface area contributed by atoms with Crippen LogP contribution < -0.4 is 0 Å². The monoisotopic (exact) mass is 342 g/mol. The molecule has 0 aliphatic heterocycles. The molecule has 0 fully saturated rings. The largest absolute Gasteiger partial charge is 0.338 e. The molecule has 0 bridgehead atoms. The van der Waals surface area contributed by atoms with Gasteiger partial charge in [-0.3, -0.25) is 0 Å². The van der Waals surface area contributed by atoms with Crippen molar-refractivity contribution < 1.29 is 0 Å². The summed E-state index contributed by atoms with van der Waals surface area (Å²) in [5.41, 5.74) is 4.47. The number of fused-ring (bicyclic) bond motifs is 2. The Balaban J connectivity index is 2.01. The first-order chi connectivity index (χ1) is 9.72. The number of halogens is 1. The van der Waals surface area contributed by atoms with Gasteiger partial charge in [-0.1, -0.05) is 34.1 Å². The Hall–Kier alpha value is -1.65. The number of benzene rings is 2. The molecule has 98 valence electrons. The minimum atomic E-state index is 0.943. The smallest absolute Gasteiger partial charge is 0.139 e. The Morgan fingerprint density at radius 2 is 2.05 bits per heavy atom. The fourth-order valence-corrected chi connectivity index (χ4v) is 4.05.